The van der Waals surface area contributed by atoms with Gasteiger partial charge in [-0.15, -0.1) is 0 Å². The Morgan fingerprint density at radius 3 is 2.60 bits per heavy atom. The molecule has 0 nitrogen and oxygen atoms in total. The van der Waals surface area contributed by atoms with Crippen molar-refractivity contribution in [1.82, 2.24) is 0 Å². The van der Waals surface area contributed by atoms with Crippen LogP contribution in [0.3, 0.4) is 0 Å². The SMILES string of the molecule is [CH]1/C=C\C=C/CC/C=C\C1. The van der Waals surface area contributed by atoms with Crippen LogP contribution in [0.1, 0.15) is 19.3 Å². The summed E-state index contributed by atoms with van der Waals surface area (Å²) in [4.78, 5) is 0. The first-order chi connectivity index (χ1) is 5.00. The molecule has 1 radical (unpaired) electrons. The van der Waals surface area contributed by atoms with Crippen molar-refractivity contribution in [2.24, 2.45) is 0 Å². The summed E-state index contributed by atoms with van der Waals surface area (Å²) in [6, 6.07) is 0. The first-order valence-corrected chi connectivity index (χ1v) is 3.80. The lowest BCUT2D eigenvalue weighted by Gasteiger charge is -1.89. The predicted molar refractivity (Wildman–Crippen MR) is 45.6 cm³/mol. The number of rotatable bonds is 0. The average molecular weight is 133 g/mol. The molecule has 10 heavy (non-hydrogen) atoms. The van der Waals surface area contributed by atoms with Crippen molar-refractivity contribution in [2.45, 2.75) is 19.3 Å². The van der Waals surface area contributed by atoms with Crippen molar-refractivity contribution in [1.29, 1.82) is 0 Å². The van der Waals surface area contributed by atoms with E-state index in [1.807, 2.05) is 0 Å². The smallest absolute Gasteiger partial charge is 0.0130 e. The van der Waals surface area contributed by atoms with E-state index in [4.69, 9.17) is 0 Å². The molecule has 0 aromatic carbocycles. The fourth-order valence-electron chi connectivity index (χ4n) is 0.881. The van der Waals surface area contributed by atoms with E-state index in [0.29, 0.717) is 0 Å². The maximum absolute atomic E-state index is 2.24. The molecule has 1 aliphatic rings. The average Bonchev–Trinajstić information content (AvgIpc) is 2.01. The number of hydrogen-bond acceptors (Lipinski definition) is 0. The maximum atomic E-state index is 2.24. The van der Waals surface area contributed by atoms with Crippen LogP contribution in [-0.4, -0.2) is 0 Å². The van der Waals surface area contributed by atoms with Gasteiger partial charge >= 0.3 is 0 Å². The van der Waals surface area contributed by atoms with Gasteiger partial charge in [0, 0.05) is 0 Å². The van der Waals surface area contributed by atoms with E-state index in [0.717, 1.165) is 6.42 Å². The van der Waals surface area contributed by atoms with Gasteiger partial charge in [-0.05, 0) is 25.7 Å². The molecule has 0 saturated heterocycles. The normalized spacial score (nSPS) is 28.8. The summed E-state index contributed by atoms with van der Waals surface area (Å²) in [5.74, 6) is 0. The topological polar surface area (TPSA) is 0 Å². The zero-order valence-corrected chi connectivity index (χ0v) is 6.16. The van der Waals surface area contributed by atoms with Crippen LogP contribution >= 0.6 is 0 Å². The Balaban J connectivity index is 2.38. The lowest BCUT2D eigenvalue weighted by atomic mass is 10.2. The first-order valence-electron chi connectivity index (χ1n) is 3.80. The highest BCUT2D eigenvalue weighted by atomic mass is 13.9. The lowest BCUT2D eigenvalue weighted by molar-refractivity contribution is 1.04. The van der Waals surface area contributed by atoms with E-state index in [1.54, 1.807) is 0 Å². The van der Waals surface area contributed by atoms with Crippen molar-refractivity contribution in [3.8, 4) is 0 Å². The molecule has 0 bridgehead atoms. The second-order valence-corrected chi connectivity index (χ2v) is 2.33. The fraction of sp³-hybridized carbons (Fsp3) is 0.300. The van der Waals surface area contributed by atoms with Gasteiger partial charge in [0.1, 0.15) is 0 Å². The van der Waals surface area contributed by atoms with Gasteiger partial charge in [-0.2, -0.15) is 0 Å². The molecule has 0 amide bonds. The Kier molecular flexibility index (Phi) is 3.69. The van der Waals surface area contributed by atoms with E-state index in [-0.39, 0.29) is 0 Å². The maximum Gasteiger partial charge on any atom is -0.0130 e. The molecular weight excluding hydrogens is 120 g/mol. The third kappa shape index (κ3) is 3.29. The van der Waals surface area contributed by atoms with Crippen molar-refractivity contribution in [3.63, 3.8) is 0 Å². The Bertz CT molecular complexity index is 131. The summed E-state index contributed by atoms with van der Waals surface area (Å²) in [5, 5.41) is 0. The quantitative estimate of drug-likeness (QED) is 0.445. The zero-order chi connectivity index (χ0) is 7.07. The summed E-state index contributed by atoms with van der Waals surface area (Å²) in [6.07, 6.45) is 18.5. The van der Waals surface area contributed by atoms with E-state index in [9.17, 15) is 0 Å². The Morgan fingerprint density at radius 1 is 0.700 bits per heavy atom. The van der Waals surface area contributed by atoms with Crippen LogP contribution in [-0.2, 0) is 0 Å². The largest absolute Gasteiger partial charge is 0.0882 e. The van der Waals surface area contributed by atoms with Gasteiger partial charge in [0.15, 0.2) is 0 Å². The zero-order valence-electron chi connectivity index (χ0n) is 6.16. The van der Waals surface area contributed by atoms with E-state index in [2.05, 4.69) is 42.9 Å². The van der Waals surface area contributed by atoms with Crippen molar-refractivity contribution in [2.75, 3.05) is 0 Å². The molecule has 0 heteroatoms. The summed E-state index contributed by atoms with van der Waals surface area (Å²) < 4.78 is 0. The van der Waals surface area contributed by atoms with Crippen LogP contribution in [0.4, 0.5) is 0 Å². The van der Waals surface area contributed by atoms with Gasteiger partial charge in [0.2, 0.25) is 0 Å². The van der Waals surface area contributed by atoms with Gasteiger partial charge in [0.25, 0.3) is 0 Å². The van der Waals surface area contributed by atoms with E-state index in [1.165, 1.54) is 12.8 Å². The first kappa shape index (κ1) is 7.33. The van der Waals surface area contributed by atoms with Crippen molar-refractivity contribution < 1.29 is 0 Å². The second-order valence-electron chi connectivity index (χ2n) is 2.33. The van der Waals surface area contributed by atoms with Crippen molar-refractivity contribution in [3.05, 3.63) is 42.9 Å². The Labute approximate surface area is 62.9 Å². The molecular formula is C10H13. The highest BCUT2D eigenvalue weighted by Crippen LogP contribution is 1.99. The molecule has 0 atom stereocenters. The molecule has 0 fully saturated rings. The van der Waals surface area contributed by atoms with Crippen LogP contribution in [0.2, 0.25) is 0 Å². The molecule has 53 valence electrons. The summed E-state index contributed by atoms with van der Waals surface area (Å²) in [5.41, 5.74) is 0. The Morgan fingerprint density at radius 2 is 1.60 bits per heavy atom. The molecule has 0 unspecified atom stereocenters. The predicted octanol–water partition coefficient (Wildman–Crippen LogP) is 3.04. The molecule has 0 N–H and O–H groups in total. The molecule has 0 saturated carbocycles. The van der Waals surface area contributed by atoms with Gasteiger partial charge in [0.05, 0.1) is 0 Å². The number of hydrogen-bond donors (Lipinski definition) is 0. The van der Waals surface area contributed by atoms with Gasteiger partial charge < -0.3 is 0 Å². The standard InChI is InChI=1S/C10H13/c1-2-4-6-8-10-9-7-5-3-1/h1-5,8,10H,6-7,9H2/b2-1-,5-3-,10-8-. The minimum Gasteiger partial charge on any atom is -0.0882 e. The van der Waals surface area contributed by atoms with Crippen LogP contribution in [0, 0.1) is 6.42 Å². The molecule has 0 aromatic rings. The van der Waals surface area contributed by atoms with Crippen LogP contribution in [0.15, 0.2) is 36.5 Å². The minimum atomic E-state index is 1.07. The Hall–Kier alpha value is -0.780. The third-order valence-corrected chi connectivity index (χ3v) is 1.43. The third-order valence-electron chi connectivity index (χ3n) is 1.43. The van der Waals surface area contributed by atoms with Crippen LogP contribution in [0.25, 0.3) is 0 Å². The molecule has 0 heterocycles. The van der Waals surface area contributed by atoms with Gasteiger partial charge in [-0.25, -0.2) is 0 Å². The molecule has 1 rings (SSSR count). The van der Waals surface area contributed by atoms with Crippen LogP contribution in [0.5, 0.6) is 0 Å². The second kappa shape index (κ2) is 5.04. The fourth-order valence-corrected chi connectivity index (χ4v) is 0.881. The highest BCUT2D eigenvalue weighted by molar-refractivity contribution is 5.10. The molecule has 0 aromatic heterocycles. The lowest BCUT2D eigenvalue weighted by Crippen LogP contribution is -1.70. The summed E-state index contributed by atoms with van der Waals surface area (Å²) in [7, 11) is 0. The van der Waals surface area contributed by atoms with E-state index < -0.39 is 0 Å². The van der Waals surface area contributed by atoms with E-state index >= 15 is 0 Å². The molecule has 0 spiro atoms. The van der Waals surface area contributed by atoms with Crippen LogP contribution < -0.4 is 0 Å². The summed E-state index contributed by atoms with van der Waals surface area (Å²) >= 11 is 0. The minimum absolute atomic E-state index is 1.07. The number of allylic oxidation sites excluding steroid dienone is 6. The highest BCUT2D eigenvalue weighted by Gasteiger charge is 1.80. The van der Waals surface area contributed by atoms with Gasteiger partial charge in [-0.1, -0.05) is 36.5 Å². The summed E-state index contributed by atoms with van der Waals surface area (Å²) in [6.45, 7) is 0. The van der Waals surface area contributed by atoms with Gasteiger partial charge in [-0.3, -0.25) is 0 Å². The molecule has 0 aliphatic heterocycles. The van der Waals surface area contributed by atoms with Crippen molar-refractivity contribution >= 4 is 0 Å². The monoisotopic (exact) mass is 133 g/mol. The molecule has 1 aliphatic carbocycles.